The number of ketones is 1. The van der Waals surface area contributed by atoms with E-state index < -0.39 is 5.92 Å². The van der Waals surface area contributed by atoms with E-state index in [0.717, 1.165) is 11.8 Å². The molecule has 5 atom stereocenters. The van der Waals surface area contributed by atoms with E-state index in [1.807, 2.05) is 0 Å². The van der Waals surface area contributed by atoms with Gasteiger partial charge in [0.25, 0.3) is 0 Å². The van der Waals surface area contributed by atoms with Gasteiger partial charge in [-0.3, -0.25) is 4.79 Å². The Morgan fingerprint density at radius 3 is 2.48 bits per heavy atom. The van der Waals surface area contributed by atoms with Crippen molar-refractivity contribution < 1.29 is 4.79 Å². The highest BCUT2D eigenvalue weighted by molar-refractivity contribution is 6.35. The van der Waals surface area contributed by atoms with Crippen LogP contribution in [0.4, 0.5) is 0 Å². The van der Waals surface area contributed by atoms with Crippen LogP contribution in [0.15, 0.2) is 18.2 Å². The first-order valence-corrected chi connectivity index (χ1v) is 8.25. The Hall–Kier alpha value is -1.04. The third-order valence-electron chi connectivity index (χ3n) is 5.75. The van der Waals surface area contributed by atoms with Crippen LogP contribution in [0.2, 0.25) is 10.0 Å². The molecule has 0 aromatic heterocycles. The molecule has 3 saturated carbocycles. The molecule has 108 valence electrons. The van der Waals surface area contributed by atoms with Crippen LogP contribution in [0.25, 0.3) is 0 Å². The number of benzene rings is 1. The Balaban J connectivity index is 1.60. The number of Topliss-reactive ketones (excluding diaryl/α,β-unsaturated/α-hetero) is 1. The van der Waals surface area contributed by atoms with Crippen molar-refractivity contribution >= 4 is 29.0 Å². The third-order valence-corrected chi connectivity index (χ3v) is 6.31. The molecule has 0 aliphatic heterocycles. The first-order valence-electron chi connectivity index (χ1n) is 7.50. The van der Waals surface area contributed by atoms with E-state index in [0.29, 0.717) is 27.4 Å². The van der Waals surface area contributed by atoms with Crippen LogP contribution < -0.4 is 0 Å². The van der Waals surface area contributed by atoms with Gasteiger partial charge in [-0.05, 0) is 60.6 Å². The summed E-state index contributed by atoms with van der Waals surface area (Å²) < 4.78 is 0. The molecule has 1 aromatic carbocycles. The number of nitrogens with zero attached hydrogens (tertiary/aromatic N) is 1. The fourth-order valence-electron chi connectivity index (χ4n) is 4.92. The van der Waals surface area contributed by atoms with Crippen LogP contribution in [0.1, 0.15) is 30.7 Å². The second kappa shape index (κ2) is 4.73. The Kier molecular flexibility index (Phi) is 3.07. The lowest BCUT2D eigenvalue weighted by molar-refractivity contribution is -0.121. The van der Waals surface area contributed by atoms with Crippen molar-refractivity contribution in [2.45, 2.75) is 25.2 Å². The summed E-state index contributed by atoms with van der Waals surface area (Å²) in [6.07, 6.45) is 3.85. The predicted molar refractivity (Wildman–Crippen MR) is 81.1 cm³/mol. The number of hydrogen-bond donors (Lipinski definition) is 0. The molecular formula is C17H15Cl2NO. The lowest BCUT2D eigenvalue weighted by Crippen LogP contribution is -2.17. The summed E-state index contributed by atoms with van der Waals surface area (Å²) in [5.41, 5.74) is 0.603. The minimum Gasteiger partial charge on any atom is -0.298 e. The number of rotatable bonds is 3. The lowest BCUT2D eigenvalue weighted by Gasteiger charge is -2.13. The van der Waals surface area contributed by atoms with Gasteiger partial charge in [-0.25, -0.2) is 0 Å². The molecule has 0 spiro atoms. The van der Waals surface area contributed by atoms with Crippen molar-refractivity contribution in [1.29, 1.82) is 5.26 Å². The van der Waals surface area contributed by atoms with Gasteiger partial charge in [-0.1, -0.05) is 29.3 Å². The fraction of sp³-hybridized carbons (Fsp3) is 0.529. The molecule has 0 radical (unpaired) electrons. The molecule has 1 aromatic rings. The highest BCUT2D eigenvalue weighted by Gasteiger charge is 2.67. The van der Waals surface area contributed by atoms with Gasteiger partial charge in [-0.2, -0.15) is 5.26 Å². The van der Waals surface area contributed by atoms with E-state index in [1.54, 1.807) is 18.2 Å². The van der Waals surface area contributed by atoms with Gasteiger partial charge in [0.05, 0.1) is 6.07 Å². The number of halogens is 2. The first kappa shape index (κ1) is 13.6. The molecule has 3 aliphatic carbocycles. The molecule has 0 N–H and O–H groups in total. The number of nitriles is 1. The van der Waals surface area contributed by atoms with Gasteiger partial charge in [0, 0.05) is 16.0 Å². The summed E-state index contributed by atoms with van der Waals surface area (Å²) in [6.45, 7) is 0. The number of fused-ring (bicyclic) bond motifs is 5. The maximum absolute atomic E-state index is 12.8. The van der Waals surface area contributed by atoms with Crippen molar-refractivity contribution in [2.75, 3.05) is 0 Å². The Morgan fingerprint density at radius 2 is 1.90 bits per heavy atom. The summed E-state index contributed by atoms with van der Waals surface area (Å²) >= 11 is 12.1. The Morgan fingerprint density at radius 1 is 1.24 bits per heavy atom. The molecule has 0 saturated heterocycles. The minimum absolute atomic E-state index is 0.0772. The van der Waals surface area contributed by atoms with Crippen LogP contribution >= 0.6 is 23.2 Å². The van der Waals surface area contributed by atoms with Gasteiger partial charge in [0.1, 0.15) is 5.92 Å². The van der Waals surface area contributed by atoms with E-state index in [4.69, 9.17) is 23.2 Å². The first-order chi connectivity index (χ1) is 10.1. The van der Waals surface area contributed by atoms with Crippen LogP contribution in [0.5, 0.6) is 0 Å². The summed E-state index contributed by atoms with van der Waals surface area (Å²) in [7, 11) is 0. The zero-order valence-electron chi connectivity index (χ0n) is 11.4. The van der Waals surface area contributed by atoms with E-state index in [2.05, 4.69) is 6.07 Å². The highest BCUT2D eigenvalue weighted by Crippen LogP contribution is 2.70. The van der Waals surface area contributed by atoms with Gasteiger partial charge < -0.3 is 0 Å². The van der Waals surface area contributed by atoms with E-state index in [1.165, 1.54) is 19.3 Å². The van der Waals surface area contributed by atoms with Crippen LogP contribution in [-0.4, -0.2) is 5.78 Å². The second-order valence-electron chi connectivity index (χ2n) is 6.64. The maximum Gasteiger partial charge on any atom is 0.158 e. The quantitative estimate of drug-likeness (QED) is 0.825. The number of carbonyl (C=O) groups is 1. The summed E-state index contributed by atoms with van der Waals surface area (Å²) in [5.74, 6) is 2.00. The molecular weight excluding hydrogens is 305 g/mol. The molecule has 2 bridgehead atoms. The predicted octanol–water partition coefficient (Wildman–Crippen LogP) is 4.46. The molecule has 4 heteroatoms. The maximum atomic E-state index is 12.8. The van der Waals surface area contributed by atoms with Crippen molar-refractivity contribution in [3.63, 3.8) is 0 Å². The normalized spacial score (nSPS) is 36.9. The van der Waals surface area contributed by atoms with Gasteiger partial charge in [0.2, 0.25) is 0 Å². The van der Waals surface area contributed by atoms with Gasteiger partial charge in [-0.15, -0.1) is 0 Å². The molecule has 0 heterocycles. The van der Waals surface area contributed by atoms with Crippen molar-refractivity contribution in [2.24, 2.45) is 29.6 Å². The highest BCUT2D eigenvalue weighted by atomic mass is 35.5. The van der Waals surface area contributed by atoms with Gasteiger partial charge in [0.15, 0.2) is 5.78 Å². The molecule has 3 fully saturated rings. The SMILES string of the molecule is N#CC(C(=O)C1C2C3CCC(C3)C12)c1ccc(Cl)cc1Cl. The average molecular weight is 320 g/mol. The summed E-state index contributed by atoms with van der Waals surface area (Å²) in [4.78, 5) is 12.8. The third kappa shape index (κ3) is 1.94. The summed E-state index contributed by atoms with van der Waals surface area (Å²) in [5, 5.41) is 10.4. The van der Waals surface area contributed by atoms with Crippen molar-refractivity contribution in [1.82, 2.24) is 0 Å². The smallest absolute Gasteiger partial charge is 0.158 e. The Labute approximate surface area is 134 Å². The largest absolute Gasteiger partial charge is 0.298 e. The molecule has 5 unspecified atom stereocenters. The number of hydrogen-bond acceptors (Lipinski definition) is 2. The van der Waals surface area contributed by atoms with E-state index in [9.17, 15) is 10.1 Å². The summed E-state index contributed by atoms with van der Waals surface area (Å²) in [6, 6.07) is 7.17. The monoisotopic (exact) mass is 319 g/mol. The zero-order valence-corrected chi connectivity index (χ0v) is 12.9. The lowest BCUT2D eigenvalue weighted by atomic mass is 9.89. The van der Waals surface area contributed by atoms with Crippen LogP contribution in [0, 0.1) is 40.9 Å². The van der Waals surface area contributed by atoms with Gasteiger partial charge >= 0.3 is 0 Å². The van der Waals surface area contributed by atoms with Crippen LogP contribution in [0.3, 0.4) is 0 Å². The van der Waals surface area contributed by atoms with Crippen molar-refractivity contribution in [3.8, 4) is 6.07 Å². The number of carbonyl (C=O) groups excluding carboxylic acids is 1. The molecule has 21 heavy (non-hydrogen) atoms. The average Bonchev–Trinajstić information content (AvgIpc) is 2.89. The zero-order chi connectivity index (χ0) is 14.7. The molecule has 0 amide bonds. The van der Waals surface area contributed by atoms with E-state index >= 15 is 0 Å². The molecule has 2 nitrogen and oxygen atoms in total. The fourth-order valence-corrected chi connectivity index (χ4v) is 5.44. The van der Waals surface area contributed by atoms with E-state index in [-0.39, 0.29) is 11.7 Å². The molecule has 3 aliphatic rings. The van der Waals surface area contributed by atoms with Crippen molar-refractivity contribution in [3.05, 3.63) is 33.8 Å². The second-order valence-corrected chi connectivity index (χ2v) is 7.49. The molecule has 4 rings (SSSR count). The standard InChI is InChI=1S/C17H15Cl2NO/c18-10-3-4-11(13(19)6-10)12(7-20)17(21)16-14-8-1-2-9(5-8)15(14)16/h3-4,6,8-9,12,14-16H,1-2,5H2. The topological polar surface area (TPSA) is 40.9 Å². The Bertz CT molecular complexity index is 649. The van der Waals surface area contributed by atoms with Crippen LogP contribution in [-0.2, 0) is 4.79 Å². The minimum atomic E-state index is -0.746.